The Kier molecular flexibility index (Phi) is 11.9. The zero-order valence-corrected chi connectivity index (χ0v) is 26.8. The summed E-state index contributed by atoms with van der Waals surface area (Å²) in [6, 6.07) is 8.10. The zero-order chi connectivity index (χ0) is 31.9. The highest BCUT2D eigenvalue weighted by atomic mass is 32.2. The Morgan fingerprint density at radius 3 is 2.42 bits per heavy atom. The quantitative estimate of drug-likeness (QED) is 0.446. The Balaban J connectivity index is 2.02. The molecule has 11 nitrogen and oxygen atoms in total. The molecule has 1 aliphatic heterocycles. The van der Waals surface area contributed by atoms with Gasteiger partial charge < -0.3 is 19.5 Å². The molecule has 2 N–H and O–H groups in total. The number of sulfonamides is 2. The van der Waals surface area contributed by atoms with Gasteiger partial charge in [-0.05, 0) is 75.6 Å². The number of likely N-dealkylation sites (N-methyl/N-ethyl adjacent to an activating group) is 1. The number of ether oxygens (including phenoxy) is 2. The normalized spacial score (nSPS) is 21.9. The largest absolute Gasteiger partial charge is 0.490 e. The molecular weight excluding hydrogens is 601 g/mol. The maximum atomic E-state index is 14.1. The highest BCUT2D eigenvalue weighted by Crippen LogP contribution is 2.29. The molecule has 240 valence electrons. The van der Waals surface area contributed by atoms with Crippen LogP contribution in [0, 0.1) is 11.7 Å². The van der Waals surface area contributed by atoms with Crippen LogP contribution in [-0.2, 0) is 24.8 Å². The monoisotopic (exact) mass is 643 g/mol. The van der Waals surface area contributed by atoms with Gasteiger partial charge in [-0.1, -0.05) is 6.92 Å². The molecule has 0 fully saturated rings. The number of benzene rings is 2. The van der Waals surface area contributed by atoms with E-state index in [-0.39, 0.29) is 53.6 Å². The minimum atomic E-state index is -4.10. The van der Waals surface area contributed by atoms with Gasteiger partial charge >= 0.3 is 0 Å². The molecule has 1 heterocycles. The van der Waals surface area contributed by atoms with Gasteiger partial charge in [0.2, 0.25) is 10.0 Å². The average molecular weight is 644 g/mol. The Labute approximate surface area is 254 Å². The number of nitrogens with one attached hydrogen (secondary N) is 1. The van der Waals surface area contributed by atoms with Gasteiger partial charge in [-0.15, -0.1) is 0 Å². The number of amides is 1. The van der Waals surface area contributed by atoms with Crippen LogP contribution in [-0.4, -0.2) is 94.9 Å². The van der Waals surface area contributed by atoms with E-state index in [9.17, 15) is 31.1 Å². The van der Waals surface area contributed by atoms with Crippen LogP contribution in [0.15, 0.2) is 47.4 Å². The molecule has 14 heteroatoms. The van der Waals surface area contributed by atoms with Crippen LogP contribution in [0.5, 0.6) is 5.75 Å². The molecule has 3 rings (SSSR count). The van der Waals surface area contributed by atoms with Crippen molar-refractivity contribution in [2.24, 2.45) is 5.92 Å². The molecule has 1 aliphatic rings. The second-order valence-electron chi connectivity index (χ2n) is 11.1. The number of fused-ring (bicyclic) bond motifs is 1. The van der Waals surface area contributed by atoms with E-state index in [0.717, 1.165) is 36.9 Å². The molecule has 0 radical (unpaired) electrons. The van der Waals surface area contributed by atoms with E-state index in [1.54, 1.807) is 6.92 Å². The van der Waals surface area contributed by atoms with Crippen molar-refractivity contribution in [2.75, 3.05) is 44.3 Å². The second kappa shape index (κ2) is 14.8. The van der Waals surface area contributed by atoms with Gasteiger partial charge in [0.25, 0.3) is 15.9 Å². The topological polar surface area (TPSA) is 143 Å². The third-order valence-corrected chi connectivity index (χ3v) is 10.1. The number of aliphatic hydroxyl groups is 1. The maximum Gasteiger partial charge on any atom is 0.261 e. The third kappa shape index (κ3) is 9.60. The lowest BCUT2D eigenvalue weighted by Gasteiger charge is -2.35. The van der Waals surface area contributed by atoms with Gasteiger partial charge in [0.15, 0.2) is 0 Å². The lowest BCUT2D eigenvalue weighted by molar-refractivity contribution is -0.00828. The van der Waals surface area contributed by atoms with E-state index in [1.807, 2.05) is 13.8 Å². The first-order chi connectivity index (χ1) is 20.1. The molecule has 0 aromatic heterocycles. The van der Waals surface area contributed by atoms with Crippen LogP contribution in [0.25, 0.3) is 0 Å². The van der Waals surface area contributed by atoms with Crippen molar-refractivity contribution in [1.29, 1.82) is 0 Å². The van der Waals surface area contributed by atoms with Crippen LogP contribution in [0.3, 0.4) is 0 Å². The molecular formula is C29H42FN3O8S2. The summed E-state index contributed by atoms with van der Waals surface area (Å²) in [5.74, 6) is -1.17. The van der Waals surface area contributed by atoms with Crippen LogP contribution in [0.4, 0.5) is 10.1 Å². The lowest BCUT2D eigenvalue weighted by atomic mass is 10.0. The molecule has 0 saturated heterocycles. The fourth-order valence-corrected chi connectivity index (χ4v) is 6.13. The van der Waals surface area contributed by atoms with Crippen LogP contribution < -0.4 is 9.46 Å². The van der Waals surface area contributed by atoms with E-state index in [2.05, 4.69) is 4.72 Å². The Morgan fingerprint density at radius 2 is 1.79 bits per heavy atom. The third-order valence-electron chi connectivity index (χ3n) is 7.43. The summed E-state index contributed by atoms with van der Waals surface area (Å²) >= 11 is 0. The number of rotatable bonds is 8. The van der Waals surface area contributed by atoms with Gasteiger partial charge in [-0.3, -0.25) is 9.52 Å². The van der Waals surface area contributed by atoms with Gasteiger partial charge in [0.1, 0.15) is 11.6 Å². The summed E-state index contributed by atoms with van der Waals surface area (Å²) in [6.07, 6.45) is 2.42. The standard InChI is InChI=1S/C29H42FN3O8S2/c1-20-17-33(21(2)19-34)29(35)26-16-24(31-43(38,39)25-12-9-23(30)10-13-25)11-14-27(26)41-22(3)8-6-7-15-40-28(20)18-32(4)42(5,36)37/h9-14,16,20-22,28,31,34H,6-8,15,17-19H2,1-5H3/t20-,21-,22+,28+/m0/s1. The predicted molar refractivity (Wildman–Crippen MR) is 162 cm³/mol. The summed E-state index contributed by atoms with van der Waals surface area (Å²) in [4.78, 5) is 15.4. The van der Waals surface area contributed by atoms with Crippen LogP contribution >= 0.6 is 0 Å². The second-order valence-corrected chi connectivity index (χ2v) is 14.9. The van der Waals surface area contributed by atoms with E-state index in [4.69, 9.17) is 9.47 Å². The first-order valence-electron chi connectivity index (χ1n) is 14.2. The molecule has 0 bridgehead atoms. The van der Waals surface area contributed by atoms with Crippen molar-refractivity contribution < 1.29 is 40.6 Å². The summed E-state index contributed by atoms with van der Waals surface area (Å²) in [5.41, 5.74) is 0.177. The van der Waals surface area contributed by atoms with Crippen molar-refractivity contribution in [3.63, 3.8) is 0 Å². The van der Waals surface area contributed by atoms with Crippen molar-refractivity contribution in [3.8, 4) is 5.75 Å². The Bertz CT molecular complexity index is 1450. The van der Waals surface area contributed by atoms with Crippen molar-refractivity contribution >= 4 is 31.6 Å². The molecule has 0 saturated carbocycles. The first kappa shape index (κ1) is 34.7. The molecule has 0 aliphatic carbocycles. The van der Waals surface area contributed by atoms with Gasteiger partial charge in [0, 0.05) is 38.3 Å². The van der Waals surface area contributed by atoms with Crippen LogP contribution in [0.2, 0.25) is 0 Å². The number of hydrogen-bond acceptors (Lipinski definition) is 8. The van der Waals surface area contributed by atoms with Gasteiger partial charge in [-0.2, -0.15) is 0 Å². The number of nitrogens with zero attached hydrogens (tertiary/aromatic N) is 2. The molecule has 2 aromatic rings. The number of aliphatic hydroxyl groups excluding tert-OH is 1. The predicted octanol–water partition coefficient (Wildman–Crippen LogP) is 3.31. The van der Waals surface area contributed by atoms with Gasteiger partial charge in [0.05, 0.1) is 41.6 Å². The molecule has 4 atom stereocenters. The smallest absolute Gasteiger partial charge is 0.261 e. The fourth-order valence-electron chi connectivity index (χ4n) is 4.67. The molecule has 2 aromatic carbocycles. The molecule has 43 heavy (non-hydrogen) atoms. The molecule has 1 amide bonds. The van der Waals surface area contributed by atoms with Crippen molar-refractivity contribution in [2.45, 2.75) is 63.2 Å². The summed E-state index contributed by atoms with van der Waals surface area (Å²) in [7, 11) is -6.11. The Morgan fingerprint density at radius 1 is 1.12 bits per heavy atom. The summed E-state index contributed by atoms with van der Waals surface area (Å²) in [6.45, 7) is 5.64. The maximum absolute atomic E-state index is 14.1. The van der Waals surface area contributed by atoms with E-state index in [1.165, 1.54) is 34.5 Å². The highest BCUT2D eigenvalue weighted by molar-refractivity contribution is 7.92. The van der Waals surface area contributed by atoms with Crippen molar-refractivity contribution in [1.82, 2.24) is 9.21 Å². The Hall–Kier alpha value is -2.78. The average Bonchev–Trinajstić information content (AvgIpc) is 2.94. The number of halogens is 1. The van der Waals surface area contributed by atoms with E-state index < -0.39 is 43.9 Å². The molecule has 0 spiro atoms. The van der Waals surface area contributed by atoms with Crippen LogP contribution in [0.1, 0.15) is 50.4 Å². The number of carbonyl (C=O) groups is 1. The van der Waals surface area contributed by atoms with Gasteiger partial charge in [-0.25, -0.2) is 25.5 Å². The number of anilines is 1. The summed E-state index contributed by atoms with van der Waals surface area (Å²) < 4.78 is 79.6. The van der Waals surface area contributed by atoms with E-state index in [0.29, 0.717) is 19.4 Å². The fraction of sp³-hybridized carbons (Fsp3) is 0.552. The SMILES string of the molecule is C[C@@H]1CCCCO[C@H](CN(C)S(C)(=O)=O)[C@@H](C)CN([C@@H](C)CO)C(=O)c2cc(NS(=O)(=O)c3ccc(F)cc3)ccc2O1. The zero-order valence-electron chi connectivity index (χ0n) is 25.2. The number of carbonyl (C=O) groups excluding carboxylic acids is 1. The number of hydrogen-bond donors (Lipinski definition) is 2. The lowest BCUT2D eigenvalue weighted by Crippen LogP contribution is -2.47. The highest BCUT2D eigenvalue weighted by Gasteiger charge is 2.31. The summed E-state index contributed by atoms with van der Waals surface area (Å²) in [5, 5.41) is 10.1. The minimum Gasteiger partial charge on any atom is -0.490 e. The first-order valence-corrected chi connectivity index (χ1v) is 17.5. The minimum absolute atomic E-state index is 0.0843. The molecule has 0 unspecified atom stereocenters. The van der Waals surface area contributed by atoms with E-state index >= 15 is 0 Å². The van der Waals surface area contributed by atoms with Crippen molar-refractivity contribution in [3.05, 3.63) is 53.8 Å².